The number of hydrogen-bond donors (Lipinski definition) is 0. The van der Waals surface area contributed by atoms with Crippen LogP contribution in [0.1, 0.15) is 18.0 Å². The van der Waals surface area contributed by atoms with Crippen molar-refractivity contribution >= 4 is 5.95 Å². The second-order valence-corrected chi connectivity index (χ2v) is 4.44. The third-order valence-electron chi connectivity index (χ3n) is 3.10. The summed E-state index contributed by atoms with van der Waals surface area (Å²) in [7, 11) is 0. The van der Waals surface area contributed by atoms with Crippen molar-refractivity contribution in [1.29, 1.82) is 0 Å². The Kier molecular flexibility index (Phi) is 2.51. The molecule has 0 bridgehead atoms. The van der Waals surface area contributed by atoms with Crippen molar-refractivity contribution in [2.24, 2.45) is 0 Å². The molecule has 1 aliphatic rings. The molecule has 3 rings (SSSR count). The lowest BCUT2D eigenvalue weighted by Gasteiger charge is -2.15. The maximum atomic E-state index is 4.38. The monoisotopic (exact) mass is 229 g/mol. The molecule has 1 fully saturated rings. The van der Waals surface area contributed by atoms with Crippen LogP contribution in [0, 0.1) is 6.92 Å². The molecule has 0 amide bonds. The third kappa shape index (κ3) is 2.00. The lowest BCUT2D eigenvalue weighted by Crippen LogP contribution is -2.22. The molecular formula is C12H15N5. The molecule has 2 aromatic heterocycles. The molecule has 3 heterocycles. The van der Waals surface area contributed by atoms with E-state index < -0.39 is 0 Å². The van der Waals surface area contributed by atoms with Crippen LogP contribution >= 0.6 is 0 Å². The second kappa shape index (κ2) is 4.16. The predicted octanol–water partition coefficient (Wildman–Crippen LogP) is 1.43. The minimum absolute atomic E-state index is 0.438. The van der Waals surface area contributed by atoms with Gasteiger partial charge in [0.25, 0.3) is 0 Å². The van der Waals surface area contributed by atoms with Crippen LogP contribution in [0.25, 0.3) is 0 Å². The summed E-state index contributed by atoms with van der Waals surface area (Å²) in [6.45, 7) is 4.00. The summed E-state index contributed by atoms with van der Waals surface area (Å²) in [6, 6.07) is 2.28. The average Bonchev–Trinajstić information content (AvgIpc) is 2.98. The average molecular weight is 229 g/mol. The first-order chi connectivity index (χ1) is 8.33. The van der Waals surface area contributed by atoms with Gasteiger partial charge in [0.2, 0.25) is 5.95 Å². The zero-order valence-electron chi connectivity index (χ0n) is 9.82. The Labute approximate surface area is 100 Å². The molecule has 0 aromatic carbocycles. The normalized spacial score (nSPS) is 19.8. The quantitative estimate of drug-likeness (QED) is 0.781. The van der Waals surface area contributed by atoms with Gasteiger partial charge in [0.15, 0.2) is 0 Å². The summed E-state index contributed by atoms with van der Waals surface area (Å²) < 4.78 is 2.05. The van der Waals surface area contributed by atoms with Gasteiger partial charge in [-0.2, -0.15) is 5.10 Å². The Morgan fingerprint density at radius 2 is 2.12 bits per heavy atom. The topological polar surface area (TPSA) is 46.8 Å². The molecular weight excluding hydrogens is 214 g/mol. The van der Waals surface area contributed by atoms with Gasteiger partial charge in [-0.05, 0) is 25.0 Å². The van der Waals surface area contributed by atoms with Gasteiger partial charge in [0.05, 0.1) is 12.2 Å². The van der Waals surface area contributed by atoms with Crippen molar-refractivity contribution in [3.05, 3.63) is 36.4 Å². The lowest BCUT2D eigenvalue weighted by molar-refractivity contribution is 0.494. The van der Waals surface area contributed by atoms with Crippen LogP contribution in [0.4, 0.5) is 5.95 Å². The molecule has 0 aliphatic carbocycles. The predicted molar refractivity (Wildman–Crippen MR) is 64.9 cm³/mol. The van der Waals surface area contributed by atoms with E-state index in [2.05, 4.69) is 37.8 Å². The maximum Gasteiger partial charge on any atom is 0.225 e. The SMILES string of the molecule is Cc1cnn(C2CCN(c3ncccn3)C2)c1. The van der Waals surface area contributed by atoms with Gasteiger partial charge in [0.1, 0.15) is 0 Å². The Morgan fingerprint density at radius 3 is 2.82 bits per heavy atom. The van der Waals surface area contributed by atoms with Gasteiger partial charge < -0.3 is 4.90 Å². The fourth-order valence-electron chi connectivity index (χ4n) is 2.23. The molecule has 5 nitrogen and oxygen atoms in total. The van der Waals surface area contributed by atoms with Crippen molar-refractivity contribution in [2.75, 3.05) is 18.0 Å². The summed E-state index contributed by atoms with van der Waals surface area (Å²) >= 11 is 0. The van der Waals surface area contributed by atoms with Gasteiger partial charge in [0, 0.05) is 31.7 Å². The minimum atomic E-state index is 0.438. The Bertz CT molecular complexity index is 493. The largest absolute Gasteiger partial charge is 0.339 e. The number of hydrogen-bond acceptors (Lipinski definition) is 4. The molecule has 0 radical (unpaired) electrons. The smallest absolute Gasteiger partial charge is 0.225 e. The standard InChI is InChI=1S/C12H15N5/c1-10-7-15-17(8-10)11-3-6-16(9-11)12-13-4-2-5-14-12/h2,4-5,7-8,11H,3,6,9H2,1H3. The van der Waals surface area contributed by atoms with Crippen LogP contribution in [0.3, 0.4) is 0 Å². The van der Waals surface area contributed by atoms with Crippen LogP contribution in [0.2, 0.25) is 0 Å². The molecule has 1 atom stereocenters. The van der Waals surface area contributed by atoms with Crippen LogP contribution in [0.15, 0.2) is 30.9 Å². The van der Waals surface area contributed by atoms with E-state index in [9.17, 15) is 0 Å². The molecule has 5 heteroatoms. The van der Waals surface area contributed by atoms with Crippen LogP contribution in [0.5, 0.6) is 0 Å². The Hall–Kier alpha value is -1.91. The molecule has 0 saturated carbocycles. The molecule has 17 heavy (non-hydrogen) atoms. The number of anilines is 1. The van der Waals surface area contributed by atoms with Gasteiger partial charge in [-0.25, -0.2) is 9.97 Å². The van der Waals surface area contributed by atoms with Crippen molar-refractivity contribution in [2.45, 2.75) is 19.4 Å². The lowest BCUT2D eigenvalue weighted by atomic mass is 10.3. The van der Waals surface area contributed by atoms with Gasteiger partial charge in [-0.3, -0.25) is 4.68 Å². The fraction of sp³-hybridized carbons (Fsp3) is 0.417. The highest BCUT2D eigenvalue weighted by Crippen LogP contribution is 2.23. The number of aromatic nitrogens is 4. The molecule has 1 aliphatic heterocycles. The van der Waals surface area contributed by atoms with Gasteiger partial charge in [-0.15, -0.1) is 0 Å². The number of nitrogens with zero attached hydrogens (tertiary/aromatic N) is 5. The highest BCUT2D eigenvalue weighted by atomic mass is 15.3. The molecule has 0 N–H and O–H groups in total. The van der Waals surface area contributed by atoms with E-state index in [4.69, 9.17) is 0 Å². The second-order valence-electron chi connectivity index (χ2n) is 4.44. The van der Waals surface area contributed by atoms with Gasteiger partial charge in [-0.1, -0.05) is 0 Å². The molecule has 1 saturated heterocycles. The van der Waals surface area contributed by atoms with Crippen molar-refractivity contribution in [1.82, 2.24) is 19.7 Å². The van der Waals surface area contributed by atoms with Crippen LogP contribution < -0.4 is 4.90 Å². The highest BCUT2D eigenvalue weighted by molar-refractivity contribution is 5.30. The van der Waals surface area contributed by atoms with E-state index in [0.717, 1.165) is 25.5 Å². The summed E-state index contributed by atoms with van der Waals surface area (Å²) in [6.07, 6.45) is 8.67. The summed E-state index contributed by atoms with van der Waals surface area (Å²) in [5.41, 5.74) is 1.21. The van der Waals surface area contributed by atoms with Crippen LogP contribution in [-0.4, -0.2) is 32.8 Å². The first kappa shape index (κ1) is 10.3. The molecule has 0 spiro atoms. The van der Waals surface area contributed by atoms with Gasteiger partial charge >= 0.3 is 0 Å². The van der Waals surface area contributed by atoms with Crippen molar-refractivity contribution in [3.63, 3.8) is 0 Å². The summed E-state index contributed by atoms with van der Waals surface area (Å²) in [5, 5.41) is 4.38. The third-order valence-corrected chi connectivity index (χ3v) is 3.10. The fourth-order valence-corrected chi connectivity index (χ4v) is 2.23. The molecule has 1 unspecified atom stereocenters. The van der Waals surface area contributed by atoms with E-state index in [1.165, 1.54) is 5.56 Å². The van der Waals surface area contributed by atoms with E-state index in [-0.39, 0.29) is 0 Å². The maximum absolute atomic E-state index is 4.38. The Balaban J connectivity index is 1.74. The van der Waals surface area contributed by atoms with Crippen molar-refractivity contribution < 1.29 is 0 Å². The van der Waals surface area contributed by atoms with Crippen molar-refractivity contribution in [3.8, 4) is 0 Å². The Morgan fingerprint density at radius 1 is 1.29 bits per heavy atom. The number of rotatable bonds is 2. The molecule has 2 aromatic rings. The molecule has 88 valence electrons. The highest BCUT2D eigenvalue weighted by Gasteiger charge is 2.25. The first-order valence-electron chi connectivity index (χ1n) is 5.85. The van der Waals surface area contributed by atoms with E-state index in [1.807, 2.05) is 12.3 Å². The van der Waals surface area contributed by atoms with Crippen LogP contribution in [-0.2, 0) is 0 Å². The number of aryl methyl sites for hydroxylation is 1. The van der Waals surface area contributed by atoms with E-state index >= 15 is 0 Å². The van der Waals surface area contributed by atoms with E-state index in [0.29, 0.717) is 6.04 Å². The zero-order chi connectivity index (χ0) is 11.7. The minimum Gasteiger partial charge on any atom is -0.339 e. The summed E-state index contributed by atoms with van der Waals surface area (Å²) in [4.78, 5) is 10.8. The first-order valence-corrected chi connectivity index (χ1v) is 5.85. The summed E-state index contributed by atoms with van der Waals surface area (Å²) in [5.74, 6) is 0.818. The zero-order valence-corrected chi connectivity index (χ0v) is 9.82. The van der Waals surface area contributed by atoms with E-state index in [1.54, 1.807) is 12.4 Å².